The van der Waals surface area contributed by atoms with E-state index in [4.69, 9.17) is 16.7 Å². The van der Waals surface area contributed by atoms with Crippen molar-refractivity contribution in [2.75, 3.05) is 0 Å². The van der Waals surface area contributed by atoms with Gasteiger partial charge in [-0.1, -0.05) is 37.6 Å². The predicted octanol–water partition coefficient (Wildman–Crippen LogP) is 5.43. The summed E-state index contributed by atoms with van der Waals surface area (Å²) in [5.41, 5.74) is 2.88. The monoisotopic (exact) mass is 308 g/mol. The van der Waals surface area contributed by atoms with Crippen molar-refractivity contribution >= 4 is 17.6 Å². The lowest BCUT2D eigenvalue weighted by Crippen LogP contribution is -2.20. The van der Waals surface area contributed by atoms with Crippen molar-refractivity contribution in [1.82, 2.24) is 0 Å². The first kappa shape index (κ1) is 16.4. The van der Waals surface area contributed by atoms with Crippen LogP contribution in [-0.4, -0.2) is 11.1 Å². The SMILES string of the molecule is CC1(C)CCC(c2ccc(CCCC(=O)O)cc2Cl)CC1. The van der Waals surface area contributed by atoms with Gasteiger partial charge < -0.3 is 5.11 Å². The van der Waals surface area contributed by atoms with Gasteiger partial charge in [0.05, 0.1) is 0 Å². The van der Waals surface area contributed by atoms with Crippen LogP contribution in [0.4, 0.5) is 0 Å². The Labute approximate surface area is 132 Å². The summed E-state index contributed by atoms with van der Waals surface area (Å²) in [6, 6.07) is 6.29. The minimum atomic E-state index is -0.734. The number of hydrogen-bond acceptors (Lipinski definition) is 1. The van der Waals surface area contributed by atoms with Crippen LogP contribution in [0.25, 0.3) is 0 Å². The smallest absolute Gasteiger partial charge is 0.303 e. The standard InChI is InChI=1S/C18H25ClO2/c1-18(2)10-8-14(9-11-18)15-7-6-13(12-16(15)19)4-3-5-17(20)21/h6-7,12,14H,3-5,8-11H2,1-2H3,(H,20,21). The van der Waals surface area contributed by atoms with Crippen molar-refractivity contribution in [3.63, 3.8) is 0 Å². The van der Waals surface area contributed by atoms with Gasteiger partial charge in [0.25, 0.3) is 0 Å². The van der Waals surface area contributed by atoms with E-state index in [9.17, 15) is 4.79 Å². The van der Waals surface area contributed by atoms with Gasteiger partial charge in [-0.25, -0.2) is 0 Å². The van der Waals surface area contributed by atoms with Gasteiger partial charge in [-0.15, -0.1) is 0 Å². The van der Waals surface area contributed by atoms with E-state index in [2.05, 4.69) is 26.0 Å². The van der Waals surface area contributed by atoms with E-state index in [0.717, 1.165) is 17.0 Å². The molecule has 1 aliphatic rings. The molecule has 0 aliphatic heterocycles. The average molecular weight is 309 g/mol. The Balaban J connectivity index is 1.98. The maximum absolute atomic E-state index is 10.5. The second-order valence-electron chi connectivity index (χ2n) is 7.04. The molecule has 1 N–H and O–H groups in total. The summed E-state index contributed by atoms with van der Waals surface area (Å²) in [5, 5.41) is 9.53. The lowest BCUT2D eigenvalue weighted by atomic mass is 9.71. The molecule has 0 bridgehead atoms. The Morgan fingerprint density at radius 2 is 2.00 bits per heavy atom. The summed E-state index contributed by atoms with van der Waals surface area (Å²) >= 11 is 6.46. The normalized spacial score (nSPS) is 18.6. The molecule has 0 aromatic heterocycles. The molecule has 2 nitrogen and oxygen atoms in total. The zero-order valence-corrected chi connectivity index (χ0v) is 13.7. The number of benzene rings is 1. The van der Waals surface area contributed by atoms with Crippen molar-refractivity contribution in [2.24, 2.45) is 5.41 Å². The number of aryl methyl sites for hydroxylation is 1. The van der Waals surface area contributed by atoms with Crippen LogP contribution in [0.2, 0.25) is 5.02 Å². The van der Waals surface area contributed by atoms with Gasteiger partial charge in [-0.2, -0.15) is 0 Å². The molecule has 1 aromatic carbocycles. The third kappa shape index (κ3) is 4.74. The van der Waals surface area contributed by atoms with Gasteiger partial charge in [0.15, 0.2) is 0 Å². The van der Waals surface area contributed by atoms with E-state index in [1.54, 1.807) is 0 Å². The molecule has 116 valence electrons. The molecule has 1 saturated carbocycles. The molecule has 1 aromatic rings. The van der Waals surface area contributed by atoms with Crippen LogP contribution < -0.4 is 0 Å². The molecule has 0 saturated heterocycles. The van der Waals surface area contributed by atoms with Gasteiger partial charge in [0.2, 0.25) is 0 Å². The number of aliphatic carboxylic acids is 1. The van der Waals surface area contributed by atoms with Crippen LogP contribution in [0.5, 0.6) is 0 Å². The van der Waals surface area contributed by atoms with Crippen LogP contribution >= 0.6 is 11.6 Å². The summed E-state index contributed by atoms with van der Waals surface area (Å²) < 4.78 is 0. The highest BCUT2D eigenvalue weighted by Crippen LogP contribution is 2.44. The minimum absolute atomic E-state index is 0.219. The first-order valence-electron chi connectivity index (χ1n) is 7.87. The fourth-order valence-electron chi connectivity index (χ4n) is 3.21. The van der Waals surface area contributed by atoms with Crippen LogP contribution in [0.3, 0.4) is 0 Å². The molecule has 1 aliphatic carbocycles. The summed E-state index contributed by atoms with van der Waals surface area (Å²) in [7, 11) is 0. The fraction of sp³-hybridized carbons (Fsp3) is 0.611. The molecule has 3 heteroatoms. The van der Waals surface area contributed by atoms with Crippen LogP contribution in [0, 0.1) is 5.41 Å². The molecule has 0 atom stereocenters. The zero-order valence-electron chi connectivity index (χ0n) is 13.0. The lowest BCUT2D eigenvalue weighted by molar-refractivity contribution is -0.137. The summed E-state index contributed by atoms with van der Waals surface area (Å²) in [6.45, 7) is 4.69. The number of carboxylic acid groups (broad SMARTS) is 1. The van der Waals surface area contributed by atoms with Gasteiger partial charge in [0.1, 0.15) is 0 Å². The minimum Gasteiger partial charge on any atom is -0.481 e. The Morgan fingerprint density at radius 1 is 1.33 bits per heavy atom. The van der Waals surface area contributed by atoms with Crippen molar-refractivity contribution < 1.29 is 9.90 Å². The fourth-order valence-corrected chi connectivity index (χ4v) is 3.57. The third-order valence-electron chi connectivity index (χ3n) is 4.70. The van der Waals surface area contributed by atoms with Crippen molar-refractivity contribution in [2.45, 2.75) is 64.7 Å². The molecule has 0 amide bonds. The molecule has 0 radical (unpaired) electrons. The highest BCUT2D eigenvalue weighted by atomic mass is 35.5. The van der Waals surface area contributed by atoms with Crippen molar-refractivity contribution in [3.8, 4) is 0 Å². The third-order valence-corrected chi connectivity index (χ3v) is 5.03. The van der Waals surface area contributed by atoms with E-state index in [0.29, 0.717) is 17.8 Å². The Bertz CT molecular complexity index is 498. The van der Waals surface area contributed by atoms with Gasteiger partial charge >= 0.3 is 5.97 Å². The molecule has 1 fully saturated rings. The van der Waals surface area contributed by atoms with Crippen LogP contribution in [0.15, 0.2) is 18.2 Å². The molecule has 0 unspecified atom stereocenters. The maximum Gasteiger partial charge on any atom is 0.303 e. The van der Waals surface area contributed by atoms with Crippen LogP contribution in [-0.2, 0) is 11.2 Å². The van der Waals surface area contributed by atoms with Crippen molar-refractivity contribution in [1.29, 1.82) is 0 Å². The summed E-state index contributed by atoms with van der Waals surface area (Å²) in [4.78, 5) is 10.5. The van der Waals surface area contributed by atoms with E-state index in [1.165, 1.54) is 31.2 Å². The molecular formula is C18H25ClO2. The predicted molar refractivity (Wildman–Crippen MR) is 87.0 cm³/mol. The topological polar surface area (TPSA) is 37.3 Å². The highest BCUT2D eigenvalue weighted by Gasteiger charge is 2.28. The number of rotatable bonds is 5. The lowest BCUT2D eigenvalue weighted by Gasteiger charge is -2.34. The first-order chi connectivity index (χ1) is 9.87. The Hall–Kier alpha value is -1.02. The zero-order chi connectivity index (χ0) is 15.5. The van der Waals surface area contributed by atoms with Crippen molar-refractivity contribution in [3.05, 3.63) is 34.3 Å². The molecule has 0 heterocycles. The van der Waals surface area contributed by atoms with Gasteiger partial charge in [0, 0.05) is 11.4 Å². The number of hydrogen-bond donors (Lipinski definition) is 1. The number of halogens is 1. The van der Waals surface area contributed by atoms with E-state index < -0.39 is 5.97 Å². The molecule has 0 spiro atoms. The van der Waals surface area contributed by atoms with E-state index >= 15 is 0 Å². The van der Waals surface area contributed by atoms with Gasteiger partial charge in [-0.3, -0.25) is 4.79 Å². The Kier molecular flexibility index (Phi) is 5.32. The second-order valence-corrected chi connectivity index (χ2v) is 7.45. The maximum atomic E-state index is 10.5. The highest BCUT2D eigenvalue weighted by molar-refractivity contribution is 6.31. The average Bonchev–Trinajstić information content (AvgIpc) is 2.39. The summed E-state index contributed by atoms with van der Waals surface area (Å²) in [5.74, 6) is -0.152. The molecule has 21 heavy (non-hydrogen) atoms. The molecular weight excluding hydrogens is 284 g/mol. The van der Waals surface area contributed by atoms with E-state index in [-0.39, 0.29) is 6.42 Å². The van der Waals surface area contributed by atoms with Crippen LogP contribution in [0.1, 0.15) is 69.4 Å². The second kappa shape index (κ2) is 6.83. The quantitative estimate of drug-likeness (QED) is 0.787. The number of carbonyl (C=O) groups is 1. The number of carboxylic acids is 1. The van der Waals surface area contributed by atoms with E-state index in [1.807, 2.05) is 6.07 Å². The first-order valence-corrected chi connectivity index (χ1v) is 8.25. The Morgan fingerprint density at radius 3 is 2.57 bits per heavy atom. The molecule has 2 rings (SSSR count). The van der Waals surface area contributed by atoms with Gasteiger partial charge in [-0.05, 0) is 67.1 Å². The summed E-state index contributed by atoms with van der Waals surface area (Å²) in [6.07, 6.45) is 6.61. The largest absolute Gasteiger partial charge is 0.481 e.